The maximum absolute atomic E-state index is 6.17. The molecule has 0 N–H and O–H groups in total. The number of methoxy groups -OCH3 is 1. The number of halogens is 1. The lowest BCUT2D eigenvalue weighted by Crippen LogP contribution is -1.85. The Hall–Kier alpha value is -1.41. The van der Waals surface area contributed by atoms with E-state index in [1.54, 1.807) is 7.11 Å². The van der Waals surface area contributed by atoms with E-state index in [9.17, 15) is 0 Å². The SMILES string of the molecule is COc1cccc(-c2ccc(C)o2)c1Cl. The Morgan fingerprint density at radius 1 is 1.20 bits per heavy atom. The van der Waals surface area contributed by atoms with Crippen LogP contribution in [0.3, 0.4) is 0 Å². The first-order valence-electron chi connectivity index (χ1n) is 4.61. The summed E-state index contributed by atoms with van der Waals surface area (Å²) in [4.78, 5) is 0. The van der Waals surface area contributed by atoms with E-state index in [0.717, 1.165) is 17.1 Å². The van der Waals surface area contributed by atoms with Crippen LogP contribution in [0.4, 0.5) is 0 Å². The van der Waals surface area contributed by atoms with Crippen molar-refractivity contribution >= 4 is 11.6 Å². The number of benzene rings is 1. The van der Waals surface area contributed by atoms with Crippen LogP contribution in [0.15, 0.2) is 34.7 Å². The molecule has 3 heteroatoms. The van der Waals surface area contributed by atoms with Gasteiger partial charge in [0.2, 0.25) is 0 Å². The van der Waals surface area contributed by atoms with Gasteiger partial charge in [-0.2, -0.15) is 0 Å². The summed E-state index contributed by atoms with van der Waals surface area (Å²) >= 11 is 6.17. The zero-order valence-electron chi connectivity index (χ0n) is 8.58. The summed E-state index contributed by atoms with van der Waals surface area (Å²) in [6, 6.07) is 9.42. The highest BCUT2D eigenvalue weighted by atomic mass is 35.5. The Kier molecular flexibility index (Phi) is 2.69. The first-order valence-corrected chi connectivity index (χ1v) is 4.99. The number of furan rings is 1. The minimum absolute atomic E-state index is 0.578. The summed E-state index contributed by atoms with van der Waals surface area (Å²) in [5, 5.41) is 0.578. The van der Waals surface area contributed by atoms with Crippen LogP contribution in [0.2, 0.25) is 5.02 Å². The van der Waals surface area contributed by atoms with Gasteiger partial charge in [-0.15, -0.1) is 0 Å². The standard InChI is InChI=1S/C12H11ClO2/c1-8-6-7-10(15-8)9-4-3-5-11(14-2)12(9)13/h3-7H,1-2H3. The highest BCUT2D eigenvalue weighted by Gasteiger charge is 2.10. The molecule has 1 aromatic carbocycles. The second kappa shape index (κ2) is 3.99. The summed E-state index contributed by atoms with van der Waals surface area (Å²) in [6.07, 6.45) is 0. The van der Waals surface area contributed by atoms with Gasteiger partial charge in [-0.05, 0) is 31.2 Å². The third kappa shape index (κ3) is 1.85. The molecule has 0 aliphatic rings. The van der Waals surface area contributed by atoms with Gasteiger partial charge in [0.1, 0.15) is 17.3 Å². The van der Waals surface area contributed by atoms with Crippen molar-refractivity contribution in [3.8, 4) is 17.1 Å². The molecule has 0 saturated carbocycles. The van der Waals surface area contributed by atoms with Crippen molar-refractivity contribution in [3.05, 3.63) is 41.1 Å². The third-order valence-corrected chi connectivity index (χ3v) is 2.58. The van der Waals surface area contributed by atoms with Gasteiger partial charge in [0.15, 0.2) is 0 Å². The molecular formula is C12H11ClO2. The number of rotatable bonds is 2. The molecule has 1 aromatic heterocycles. The highest BCUT2D eigenvalue weighted by molar-refractivity contribution is 6.34. The lowest BCUT2D eigenvalue weighted by Gasteiger charge is -2.05. The van der Waals surface area contributed by atoms with E-state index in [4.69, 9.17) is 20.8 Å². The Morgan fingerprint density at radius 2 is 2.00 bits per heavy atom. The van der Waals surface area contributed by atoms with Crippen LogP contribution >= 0.6 is 11.6 Å². The molecule has 2 nitrogen and oxygen atoms in total. The predicted molar refractivity (Wildman–Crippen MR) is 60.4 cm³/mol. The van der Waals surface area contributed by atoms with E-state index in [1.807, 2.05) is 37.3 Å². The van der Waals surface area contributed by atoms with Crippen molar-refractivity contribution in [2.75, 3.05) is 7.11 Å². The van der Waals surface area contributed by atoms with Crippen LogP contribution in [0, 0.1) is 6.92 Å². The molecule has 0 atom stereocenters. The van der Waals surface area contributed by atoms with E-state index in [1.165, 1.54) is 0 Å². The smallest absolute Gasteiger partial charge is 0.138 e. The van der Waals surface area contributed by atoms with Crippen molar-refractivity contribution in [2.24, 2.45) is 0 Å². The summed E-state index contributed by atoms with van der Waals surface area (Å²) in [6.45, 7) is 1.90. The molecule has 2 aromatic rings. The average molecular weight is 223 g/mol. The molecule has 1 heterocycles. The first-order chi connectivity index (χ1) is 7.22. The second-order valence-corrected chi connectivity index (χ2v) is 3.61. The molecule has 0 unspecified atom stereocenters. The molecule has 0 saturated heterocycles. The molecule has 0 radical (unpaired) electrons. The van der Waals surface area contributed by atoms with Crippen molar-refractivity contribution in [3.63, 3.8) is 0 Å². The first kappa shape index (κ1) is 10.1. The van der Waals surface area contributed by atoms with Crippen LogP contribution in [-0.2, 0) is 0 Å². The average Bonchev–Trinajstić information content (AvgIpc) is 2.65. The third-order valence-electron chi connectivity index (χ3n) is 2.19. The fraction of sp³-hybridized carbons (Fsp3) is 0.167. The monoisotopic (exact) mass is 222 g/mol. The second-order valence-electron chi connectivity index (χ2n) is 3.23. The van der Waals surface area contributed by atoms with E-state index in [-0.39, 0.29) is 0 Å². The van der Waals surface area contributed by atoms with Gasteiger partial charge in [0, 0.05) is 5.56 Å². The van der Waals surface area contributed by atoms with Crippen molar-refractivity contribution in [1.82, 2.24) is 0 Å². The van der Waals surface area contributed by atoms with Crippen molar-refractivity contribution in [1.29, 1.82) is 0 Å². The van der Waals surface area contributed by atoms with Crippen molar-refractivity contribution < 1.29 is 9.15 Å². The molecule has 78 valence electrons. The minimum Gasteiger partial charge on any atom is -0.495 e. The molecule has 2 rings (SSSR count). The van der Waals surface area contributed by atoms with Gasteiger partial charge >= 0.3 is 0 Å². The molecule has 0 amide bonds. The van der Waals surface area contributed by atoms with E-state index in [0.29, 0.717) is 10.8 Å². The van der Waals surface area contributed by atoms with E-state index < -0.39 is 0 Å². The lowest BCUT2D eigenvalue weighted by atomic mass is 10.1. The Balaban J connectivity index is 2.53. The Morgan fingerprint density at radius 3 is 2.60 bits per heavy atom. The molecule has 0 fully saturated rings. The Labute approximate surface area is 93.4 Å². The molecule has 0 bridgehead atoms. The van der Waals surface area contributed by atoms with Gasteiger partial charge in [0.05, 0.1) is 12.1 Å². The lowest BCUT2D eigenvalue weighted by molar-refractivity contribution is 0.415. The van der Waals surface area contributed by atoms with Crippen LogP contribution < -0.4 is 4.74 Å². The van der Waals surface area contributed by atoms with Crippen LogP contribution in [0.5, 0.6) is 5.75 Å². The van der Waals surface area contributed by atoms with Gasteiger partial charge < -0.3 is 9.15 Å². The molecule has 15 heavy (non-hydrogen) atoms. The number of aryl methyl sites for hydroxylation is 1. The zero-order chi connectivity index (χ0) is 10.8. The van der Waals surface area contributed by atoms with E-state index >= 15 is 0 Å². The molecule has 0 aliphatic carbocycles. The quantitative estimate of drug-likeness (QED) is 0.769. The maximum atomic E-state index is 6.17. The van der Waals surface area contributed by atoms with Crippen LogP contribution in [0.1, 0.15) is 5.76 Å². The number of ether oxygens (including phenoxy) is 1. The number of hydrogen-bond acceptors (Lipinski definition) is 2. The normalized spacial score (nSPS) is 10.3. The van der Waals surface area contributed by atoms with Gasteiger partial charge in [-0.3, -0.25) is 0 Å². The van der Waals surface area contributed by atoms with Gasteiger partial charge in [-0.25, -0.2) is 0 Å². The zero-order valence-corrected chi connectivity index (χ0v) is 9.34. The van der Waals surface area contributed by atoms with Crippen molar-refractivity contribution in [2.45, 2.75) is 6.92 Å². The largest absolute Gasteiger partial charge is 0.495 e. The Bertz CT molecular complexity index is 474. The fourth-order valence-electron chi connectivity index (χ4n) is 1.44. The van der Waals surface area contributed by atoms with E-state index in [2.05, 4.69) is 0 Å². The topological polar surface area (TPSA) is 22.4 Å². The molecular weight excluding hydrogens is 212 g/mol. The fourth-order valence-corrected chi connectivity index (χ4v) is 1.73. The maximum Gasteiger partial charge on any atom is 0.138 e. The number of hydrogen-bond donors (Lipinski definition) is 0. The van der Waals surface area contributed by atoms with Gasteiger partial charge in [-0.1, -0.05) is 17.7 Å². The molecule has 0 aliphatic heterocycles. The predicted octanol–water partition coefficient (Wildman–Crippen LogP) is 3.92. The minimum atomic E-state index is 0.578. The summed E-state index contributed by atoms with van der Waals surface area (Å²) < 4.78 is 10.7. The summed E-state index contributed by atoms with van der Waals surface area (Å²) in [5.41, 5.74) is 0.851. The van der Waals surface area contributed by atoms with Crippen LogP contribution in [-0.4, -0.2) is 7.11 Å². The summed E-state index contributed by atoms with van der Waals surface area (Å²) in [7, 11) is 1.60. The van der Waals surface area contributed by atoms with Gasteiger partial charge in [0.25, 0.3) is 0 Å². The van der Waals surface area contributed by atoms with Crippen LogP contribution in [0.25, 0.3) is 11.3 Å². The summed E-state index contributed by atoms with van der Waals surface area (Å²) in [5.74, 6) is 2.28. The highest BCUT2D eigenvalue weighted by Crippen LogP contribution is 2.35. The molecule has 0 spiro atoms.